The van der Waals surface area contributed by atoms with Gasteiger partial charge in [0.2, 0.25) is 6.10 Å². The first-order valence-corrected chi connectivity index (χ1v) is 9.54. The van der Waals surface area contributed by atoms with E-state index in [1.807, 2.05) is 50.2 Å². The van der Waals surface area contributed by atoms with Crippen LogP contribution in [0.2, 0.25) is 0 Å². The number of hydrogen-bond acceptors (Lipinski definition) is 4. The minimum Gasteiger partial charge on any atom is -0.457 e. The lowest BCUT2D eigenvalue weighted by Crippen LogP contribution is -2.14. The van der Waals surface area contributed by atoms with E-state index in [9.17, 15) is 10.1 Å². The molecule has 0 aliphatic heterocycles. The van der Waals surface area contributed by atoms with Crippen molar-refractivity contribution in [1.82, 2.24) is 0 Å². The van der Waals surface area contributed by atoms with Gasteiger partial charge in [-0.1, -0.05) is 67.4 Å². The van der Waals surface area contributed by atoms with Crippen LogP contribution in [0.25, 0.3) is 0 Å². The van der Waals surface area contributed by atoms with Crippen LogP contribution in [-0.4, -0.2) is 5.97 Å². The maximum absolute atomic E-state index is 12.6. The van der Waals surface area contributed by atoms with Crippen molar-refractivity contribution < 1.29 is 14.3 Å². The Kier molecular flexibility index (Phi) is 5.98. The average Bonchev–Trinajstić information content (AvgIpc) is 3.20. The summed E-state index contributed by atoms with van der Waals surface area (Å²) >= 11 is 11.5. The van der Waals surface area contributed by atoms with Gasteiger partial charge in [-0.05, 0) is 41.7 Å². The molecule has 0 aromatic heterocycles. The molecule has 144 valence electrons. The highest BCUT2D eigenvalue weighted by molar-refractivity contribution is 6.55. The van der Waals surface area contributed by atoms with Gasteiger partial charge in [0.1, 0.15) is 22.1 Å². The van der Waals surface area contributed by atoms with Crippen LogP contribution in [0.3, 0.4) is 0 Å². The summed E-state index contributed by atoms with van der Waals surface area (Å²) in [6.07, 6.45) is 0.615. The summed E-state index contributed by atoms with van der Waals surface area (Å²) in [6, 6.07) is 18.3. The third-order valence-electron chi connectivity index (χ3n) is 4.96. The zero-order valence-corrected chi connectivity index (χ0v) is 16.9. The van der Waals surface area contributed by atoms with E-state index in [0.717, 1.165) is 0 Å². The van der Waals surface area contributed by atoms with Gasteiger partial charge in [0, 0.05) is 5.56 Å². The van der Waals surface area contributed by atoms with Crippen LogP contribution >= 0.6 is 23.2 Å². The summed E-state index contributed by atoms with van der Waals surface area (Å²) in [4.78, 5) is 12.6. The third-order valence-corrected chi connectivity index (χ3v) is 5.21. The molecular formula is C22H19Cl2NO3. The summed E-state index contributed by atoms with van der Waals surface area (Å²) in [5.41, 5.74) is 0.231. The van der Waals surface area contributed by atoms with E-state index in [2.05, 4.69) is 0 Å². The van der Waals surface area contributed by atoms with Gasteiger partial charge >= 0.3 is 5.97 Å². The monoisotopic (exact) mass is 415 g/mol. The van der Waals surface area contributed by atoms with Gasteiger partial charge in [0.15, 0.2) is 0 Å². The molecule has 1 saturated carbocycles. The summed E-state index contributed by atoms with van der Waals surface area (Å²) in [5.74, 6) is 0.289. The van der Waals surface area contributed by atoms with Crippen molar-refractivity contribution in [2.45, 2.75) is 20.0 Å². The van der Waals surface area contributed by atoms with Crippen LogP contribution in [0, 0.1) is 28.6 Å². The number of hydrogen-bond donors (Lipinski definition) is 0. The molecule has 2 aromatic rings. The van der Waals surface area contributed by atoms with Crippen molar-refractivity contribution in [2.75, 3.05) is 0 Å². The van der Waals surface area contributed by atoms with Crippen LogP contribution < -0.4 is 4.74 Å². The van der Waals surface area contributed by atoms with Crippen LogP contribution in [0.1, 0.15) is 25.5 Å². The van der Waals surface area contributed by atoms with Crippen LogP contribution in [0.5, 0.6) is 11.5 Å². The predicted molar refractivity (Wildman–Crippen MR) is 108 cm³/mol. The van der Waals surface area contributed by atoms with Crippen molar-refractivity contribution >= 4 is 29.2 Å². The maximum atomic E-state index is 12.6. The highest BCUT2D eigenvalue weighted by Crippen LogP contribution is 2.60. The summed E-state index contributed by atoms with van der Waals surface area (Å²) in [6.45, 7) is 3.87. The number of esters is 1. The Hall–Kier alpha value is -2.48. The van der Waals surface area contributed by atoms with Crippen LogP contribution in [0.4, 0.5) is 0 Å². The second-order valence-corrected chi connectivity index (χ2v) is 8.22. The minimum absolute atomic E-state index is 0.114. The van der Waals surface area contributed by atoms with Crippen molar-refractivity contribution in [2.24, 2.45) is 17.3 Å². The Balaban J connectivity index is 1.72. The molecule has 1 aliphatic carbocycles. The normalized spacial score (nSPS) is 20.4. The topological polar surface area (TPSA) is 59.3 Å². The Morgan fingerprint density at radius 1 is 1.14 bits per heavy atom. The lowest BCUT2D eigenvalue weighted by molar-refractivity contribution is -0.149. The van der Waals surface area contributed by atoms with Crippen LogP contribution in [-0.2, 0) is 9.53 Å². The number of rotatable bonds is 6. The Morgan fingerprint density at radius 2 is 1.82 bits per heavy atom. The molecular weight excluding hydrogens is 397 g/mol. The molecule has 0 bridgehead atoms. The van der Waals surface area contributed by atoms with E-state index >= 15 is 0 Å². The Bertz CT molecular complexity index is 930. The zero-order chi connectivity index (χ0) is 20.3. The molecule has 0 spiro atoms. The standard InChI is InChI=1S/C22H19Cl2NO3/c1-22(2)17(12-19(23)24)20(22)21(26)28-18(13-25)14-7-6-10-16(11-14)27-15-8-4-3-5-9-15/h3-12,17-18,20H,1-2H3/t17-,18?,20?/m1/s1. The molecule has 0 N–H and O–H groups in total. The molecule has 3 rings (SSSR count). The fourth-order valence-electron chi connectivity index (χ4n) is 3.30. The lowest BCUT2D eigenvalue weighted by Gasteiger charge is -2.13. The van der Waals surface area contributed by atoms with Crippen molar-refractivity contribution in [3.05, 3.63) is 70.7 Å². The number of nitriles is 1. The van der Waals surface area contributed by atoms with E-state index in [1.165, 1.54) is 0 Å². The van der Waals surface area contributed by atoms with Gasteiger partial charge in [0.25, 0.3) is 0 Å². The second-order valence-electron chi connectivity index (χ2n) is 7.21. The molecule has 3 atom stereocenters. The molecule has 4 nitrogen and oxygen atoms in total. The average molecular weight is 416 g/mol. The molecule has 2 unspecified atom stereocenters. The minimum atomic E-state index is -1.03. The SMILES string of the molecule is CC1(C)C(C(=O)OC(C#N)c2cccc(Oc3ccccc3)c2)[C@H]1C=C(Cl)Cl. The van der Waals surface area contributed by atoms with Gasteiger partial charge in [-0.25, -0.2) is 0 Å². The van der Waals surface area contributed by atoms with Gasteiger partial charge in [-0.2, -0.15) is 5.26 Å². The molecule has 28 heavy (non-hydrogen) atoms. The van der Waals surface area contributed by atoms with E-state index in [0.29, 0.717) is 17.1 Å². The number of carbonyl (C=O) groups is 1. The number of carbonyl (C=O) groups excluding carboxylic acids is 1. The Labute approximate surface area is 174 Å². The quantitative estimate of drug-likeness (QED) is 0.528. The van der Waals surface area contributed by atoms with Crippen molar-refractivity contribution in [3.8, 4) is 17.6 Å². The molecule has 6 heteroatoms. The highest BCUT2D eigenvalue weighted by Gasteiger charge is 2.62. The van der Waals surface area contributed by atoms with Crippen LogP contribution in [0.15, 0.2) is 65.2 Å². The number of nitrogens with zero attached hydrogens (tertiary/aromatic N) is 1. The van der Waals surface area contributed by atoms with Gasteiger partial charge in [0.05, 0.1) is 5.92 Å². The first-order chi connectivity index (χ1) is 13.3. The summed E-state index contributed by atoms with van der Waals surface area (Å²) < 4.78 is 11.4. The maximum Gasteiger partial charge on any atom is 0.311 e. The molecule has 1 aliphatic rings. The molecule has 0 amide bonds. The second kappa shape index (κ2) is 8.26. The predicted octanol–water partition coefficient (Wildman–Crippen LogP) is 6.18. The zero-order valence-electron chi connectivity index (χ0n) is 15.4. The van der Waals surface area contributed by atoms with Gasteiger partial charge in [-0.3, -0.25) is 4.79 Å². The molecule has 2 aromatic carbocycles. The largest absolute Gasteiger partial charge is 0.457 e. The fourth-order valence-corrected chi connectivity index (χ4v) is 3.57. The summed E-state index contributed by atoms with van der Waals surface area (Å²) in [7, 11) is 0. The number of halogens is 2. The molecule has 1 fully saturated rings. The van der Waals surface area contributed by atoms with E-state index < -0.39 is 12.1 Å². The van der Waals surface area contributed by atoms with E-state index in [-0.39, 0.29) is 21.7 Å². The smallest absolute Gasteiger partial charge is 0.311 e. The summed E-state index contributed by atoms with van der Waals surface area (Å²) in [5, 5.41) is 9.53. The lowest BCUT2D eigenvalue weighted by atomic mass is 10.1. The number of para-hydroxylation sites is 1. The first-order valence-electron chi connectivity index (χ1n) is 8.78. The number of benzene rings is 2. The van der Waals surface area contributed by atoms with Crippen molar-refractivity contribution in [3.63, 3.8) is 0 Å². The van der Waals surface area contributed by atoms with E-state index in [4.69, 9.17) is 32.7 Å². The van der Waals surface area contributed by atoms with Crippen molar-refractivity contribution in [1.29, 1.82) is 5.26 Å². The highest BCUT2D eigenvalue weighted by atomic mass is 35.5. The number of allylic oxidation sites excluding steroid dienone is 1. The molecule has 0 saturated heterocycles. The number of ether oxygens (including phenoxy) is 2. The molecule has 0 heterocycles. The van der Waals surface area contributed by atoms with Gasteiger partial charge < -0.3 is 9.47 Å². The first kappa shape index (κ1) is 20.3. The third kappa shape index (κ3) is 4.49. The van der Waals surface area contributed by atoms with Gasteiger partial charge in [-0.15, -0.1) is 0 Å². The van der Waals surface area contributed by atoms with E-state index in [1.54, 1.807) is 30.3 Å². The molecule has 0 radical (unpaired) electrons. The fraction of sp³-hybridized carbons (Fsp3) is 0.273. The Morgan fingerprint density at radius 3 is 2.46 bits per heavy atom.